The van der Waals surface area contributed by atoms with E-state index in [0.717, 1.165) is 24.3 Å². The molecule has 0 radical (unpaired) electrons. The van der Waals surface area contributed by atoms with Crippen LogP contribution in [0.5, 0.6) is 0 Å². The third-order valence-electron chi connectivity index (χ3n) is 3.90. The summed E-state index contributed by atoms with van der Waals surface area (Å²) >= 11 is 0. The van der Waals surface area contributed by atoms with Gasteiger partial charge < -0.3 is 15.0 Å². The van der Waals surface area contributed by atoms with Crippen LogP contribution in [0.2, 0.25) is 0 Å². The van der Waals surface area contributed by atoms with Crippen molar-refractivity contribution < 1.29 is 9.26 Å². The van der Waals surface area contributed by atoms with E-state index in [9.17, 15) is 0 Å². The quantitative estimate of drug-likeness (QED) is 0.846. The molecular formula is C12H20N2O2. The molecule has 2 rings (SSSR count). The second-order valence-corrected chi connectivity index (χ2v) is 5.28. The van der Waals surface area contributed by atoms with Crippen LogP contribution in [0.4, 0.5) is 0 Å². The van der Waals surface area contributed by atoms with Gasteiger partial charge in [-0.2, -0.15) is 0 Å². The molecule has 0 aromatic carbocycles. The van der Waals surface area contributed by atoms with E-state index in [2.05, 4.69) is 19.0 Å². The van der Waals surface area contributed by atoms with E-state index in [4.69, 9.17) is 15.0 Å². The Kier molecular flexibility index (Phi) is 3.04. The van der Waals surface area contributed by atoms with Crippen LogP contribution in [0, 0.1) is 11.3 Å². The van der Waals surface area contributed by atoms with E-state index >= 15 is 0 Å². The van der Waals surface area contributed by atoms with Crippen LogP contribution in [-0.4, -0.2) is 18.3 Å². The van der Waals surface area contributed by atoms with Gasteiger partial charge in [-0.3, -0.25) is 0 Å². The number of hydrogen-bond acceptors (Lipinski definition) is 4. The van der Waals surface area contributed by atoms with Gasteiger partial charge in [-0.05, 0) is 24.2 Å². The lowest BCUT2D eigenvalue weighted by atomic mass is 9.57. The highest BCUT2D eigenvalue weighted by molar-refractivity contribution is 5.10. The van der Waals surface area contributed by atoms with Crippen LogP contribution >= 0.6 is 0 Å². The third kappa shape index (κ3) is 1.99. The lowest BCUT2D eigenvalue weighted by Crippen LogP contribution is -2.55. The maximum absolute atomic E-state index is 5.99. The fourth-order valence-corrected chi connectivity index (χ4v) is 2.32. The highest BCUT2D eigenvalue weighted by atomic mass is 16.5. The van der Waals surface area contributed by atoms with Crippen LogP contribution < -0.4 is 5.73 Å². The topological polar surface area (TPSA) is 61.3 Å². The average Bonchev–Trinajstić information content (AvgIpc) is 2.66. The summed E-state index contributed by atoms with van der Waals surface area (Å²) in [4.78, 5) is 0. The fraction of sp³-hybridized carbons (Fsp3) is 0.750. The number of nitrogens with two attached hydrogens (primary N) is 1. The Morgan fingerprint density at radius 1 is 1.62 bits per heavy atom. The molecule has 1 aromatic rings. The maximum atomic E-state index is 5.99. The van der Waals surface area contributed by atoms with Crippen molar-refractivity contribution in [2.24, 2.45) is 17.1 Å². The average molecular weight is 224 g/mol. The molecule has 2 atom stereocenters. The molecule has 0 spiro atoms. The van der Waals surface area contributed by atoms with E-state index in [0.29, 0.717) is 18.6 Å². The van der Waals surface area contributed by atoms with E-state index < -0.39 is 0 Å². The molecule has 0 aliphatic heterocycles. The van der Waals surface area contributed by atoms with Crippen LogP contribution in [0.15, 0.2) is 10.6 Å². The first-order chi connectivity index (χ1) is 7.54. The molecule has 1 aliphatic rings. The van der Waals surface area contributed by atoms with Gasteiger partial charge >= 0.3 is 0 Å². The van der Waals surface area contributed by atoms with Crippen molar-refractivity contribution in [2.45, 2.75) is 39.3 Å². The van der Waals surface area contributed by atoms with Crippen LogP contribution in [-0.2, 0) is 17.8 Å². The summed E-state index contributed by atoms with van der Waals surface area (Å²) in [5.74, 6) is 1.40. The Balaban J connectivity index is 1.94. The third-order valence-corrected chi connectivity index (χ3v) is 3.90. The van der Waals surface area contributed by atoms with Crippen molar-refractivity contribution in [1.29, 1.82) is 0 Å². The normalized spacial score (nSPS) is 27.8. The first kappa shape index (κ1) is 11.6. The minimum Gasteiger partial charge on any atom is -0.377 e. The highest BCUT2D eigenvalue weighted by Gasteiger charge is 2.45. The molecule has 16 heavy (non-hydrogen) atoms. The van der Waals surface area contributed by atoms with Gasteiger partial charge in [-0.15, -0.1) is 0 Å². The standard InChI is InChI=1S/C12H20N2O2/c1-12(2)8(5-11(12)13)4-9-6-10(7-15-3)16-14-9/h6,8,11H,4-5,7,13H2,1-3H3. The zero-order valence-electron chi connectivity index (χ0n) is 10.2. The molecule has 1 saturated carbocycles. The molecule has 1 fully saturated rings. The van der Waals surface area contributed by atoms with Crippen molar-refractivity contribution in [1.82, 2.24) is 5.16 Å². The maximum Gasteiger partial charge on any atom is 0.162 e. The van der Waals surface area contributed by atoms with E-state index in [1.807, 2.05) is 6.07 Å². The fourth-order valence-electron chi connectivity index (χ4n) is 2.32. The summed E-state index contributed by atoms with van der Waals surface area (Å²) in [6, 6.07) is 2.30. The SMILES string of the molecule is COCc1cc(CC2CC(N)C2(C)C)no1. The van der Waals surface area contributed by atoms with Crippen molar-refractivity contribution >= 4 is 0 Å². The molecule has 1 aromatic heterocycles. The summed E-state index contributed by atoms with van der Waals surface area (Å²) < 4.78 is 10.2. The summed E-state index contributed by atoms with van der Waals surface area (Å²) in [6.45, 7) is 4.94. The Morgan fingerprint density at radius 2 is 2.38 bits per heavy atom. The Hall–Kier alpha value is -0.870. The molecule has 4 heteroatoms. The van der Waals surface area contributed by atoms with E-state index in [1.54, 1.807) is 7.11 Å². The largest absolute Gasteiger partial charge is 0.377 e. The van der Waals surface area contributed by atoms with Crippen molar-refractivity contribution in [3.8, 4) is 0 Å². The second kappa shape index (κ2) is 4.18. The molecule has 4 nitrogen and oxygen atoms in total. The summed E-state index contributed by atoms with van der Waals surface area (Å²) in [6.07, 6.45) is 2.04. The predicted octanol–water partition coefficient (Wildman–Crippen LogP) is 1.74. The number of rotatable bonds is 4. The molecule has 0 bridgehead atoms. The van der Waals surface area contributed by atoms with Gasteiger partial charge in [0.05, 0.1) is 5.69 Å². The number of aromatic nitrogens is 1. The first-order valence-corrected chi connectivity index (χ1v) is 5.73. The minimum atomic E-state index is 0.223. The van der Waals surface area contributed by atoms with Gasteiger partial charge in [0.15, 0.2) is 5.76 Å². The second-order valence-electron chi connectivity index (χ2n) is 5.28. The Labute approximate surface area is 96.1 Å². The van der Waals surface area contributed by atoms with Crippen molar-refractivity contribution in [3.63, 3.8) is 0 Å². The monoisotopic (exact) mass is 224 g/mol. The lowest BCUT2D eigenvalue weighted by molar-refractivity contribution is 0.0370. The molecule has 2 unspecified atom stereocenters. The minimum absolute atomic E-state index is 0.223. The smallest absolute Gasteiger partial charge is 0.162 e. The number of ether oxygens (including phenoxy) is 1. The first-order valence-electron chi connectivity index (χ1n) is 5.73. The molecule has 1 aliphatic carbocycles. The van der Waals surface area contributed by atoms with Crippen LogP contribution in [0.1, 0.15) is 31.7 Å². The number of methoxy groups -OCH3 is 1. The van der Waals surface area contributed by atoms with Gasteiger partial charge in [0, 0.05) is 19.2 Å². The van der Waals surface area contributed by atoms with Gasteiger partial charge in [-0.1, -0.05) is 19.0 Å². The molecule has 0 amide bonds. The molecule has 2 N–H and O–H groups in total. The van der Waals surface area contributed by atoms with E-state index in [1.165, 1.54) is 0 Å². The highest BCUT2D eigenvalue weighted by Crippen LogP contribution is 2.46. The zero-order valence-corrected chi connectivity index (χ0v) is 10.2. The zero-order chi connectivity index (χ0) is 11.8. The summed E-state index contributed by atoms with van der Waals surface area (Å²) in [7, 11) is 1.65. The summed E-state index contributed by atoms with van der Waals surface area (Å²) in [5.41, 5.74) is 7.22. The molecule has 1 heterocycles. The van der Waals surface area contributed by atoms with Gasteiger partial charge in [0.1, 0.15) is 6.61 Å². The lowest BCUT2D eigenvalue weighted by Gasteiger charge is -2.50. The number of nitrogens with zero attached hydrogens (tertiary/aromatic N) is 1. The van der Waals surface area contributed by atoms with Gasteiger partial charge in [-0.25, -0.2) is 0 Å². The van der Waals surface area contributed by atoms with Crippen molar-refractivity contribution in [3.05, 3.63) is 17.5 Å². The van der Waals surface area contributed by atoms with Crippen molar-refractivity contribution in [2.75, 3.05) is 7.11 Å². The molecular weight excluding hydrogens is 204 g/mol. The Morgan fingerprint density at radius 3 is 2.94 bits per heavy atom. The van der Waals surface area contributed by atoms with Crippen LogP contribution in [0.25, 0.3) is 0 Å². The Bertz CT molecular complexity index is 360. The number of hydrogen-bond donors (Lipinski definition) is 1. The molecule has 0 saturated heterocycles. The van der Waals surface area contributed by atoms with Gasteiger partial charge in [0.2, 0.25) is 0 Å². The summed E-state index contributed by atoms with van der Waals surface area (Å²) in [5, 5.41) is 4.05. The molecule has 90 valence electrons. The van der Waals surface area contributed by atoms with Crippen LogP contribution in [0.3, 0.4) is 0 Å². The van der Waals surface area contributed by atoms with Gasteiger partial charge in [0.25, 0.3) is 0 Å². The van der Waals surface area contributed by atoms with E-state index in [-0.39, 0.29) is 5.41 Å². The predicted molar refractivity (Wildman–Crippen MR) is 60.8 cm³/mol.